The maximum absolute atomic E-state index is 12.4. The van der Waals surface area contributed by atoms with E-state index in [2.05, 4.69) is 5.43 Å². The monoisotopic (exact) mass is 383 g/mol. The van der Waals surface area contributed by atoms with Crippen LogP contribution in [-0.2, 0) is 10.3 Å². The Morgan fingerprint density at radius 2 is 1.28 bits per heavy atom. The molecule has 0 atom stereocenters. The molecule has 0 saturated heterocycles. The van der Waals surface area contributed by atoms with E-state index in [9.17, 15) is 4.79 Å². The topological polar surface area (TPSA) is 55.4 Å². The first kappa shape index (κ1) is 17.4. The summed E-state index contributed by atoms with van der Waals surface area (Å²) >= 11 is 0. The minimum atomic E-state index is -0.923. The minimum Gasteiger partial charge on any atom is -0.472 e. The lowest BCUT2D eigenvalue weighted by atomic mass is 9.81. The van der Waals surface area contributed by atoms with Gasteiger partial charge in [0, 0.05) is 35.4 Å². The van der Waals surface area contributed by atoms with Crippen LogP contribution in [0.3, 0.4) is 0 Å². The molecule has 0 amide bonds. The fourth-order valence-electron chi connectivity index (χ4n) is 4.12. The third-order valence-corrected chi connectivity index (χ3v) is 5.47. The second kappa shape index (κ2) is 6.74. The molecule has 0 fully saturated rings. The van der Waals surface area contributed by atoms with Crippen LogP contribution in [0, 0.1) is 0 Å². The van der Waals surface area contributed by atoms with Gasteiger partial charge in [0.2, 0.25) is 0 Å². The zero-order valence-electron chi connectivity index (χ0n) is 15.6. The van der Waals surface area contributed by atoms with Gasteiger partial charge in [-0.3, -0.25) is 4.79 Å². The van der Waals surface area contributed by atoms with Crippen LogP contribution < -0.4 is 10.0 Å². The number of para-hydroxylation sites is 2. The minimum absolute atomic E-state index is 0.173. The third-order valence-electron chi connectivity index (χ3n) is 5.47. The smallest absolute Gasteiger partial charge is 0.162 e. The van der Waals surface area contributed by atoms with Crippen LogP contribution in [0.5, 0.6) is 0 Å². The number of rotatable bonds is 5. The van der Waals surface area contributed by atoms with E-state index in [1.807, 2.05) is 79.0 Å². The van der Waals surface area contributed by atoms with Crippen molar-refractivity contribution in [1.29, 1.82) is 0 Å². The Balaban J connectivity index is 1.82. The van der Waals surface area contributed by atoms with Gasteiger partial charge in [0.15, 0.2) is 23.2 Å². The second-order valence-electron chi connectivity index (χ2n) is 6.98. The van der Waals surface area contributed by atoms with Gasteiger partial charge < -0.3 is 8.83 Å². The van der Waals surface area contributed by atoms with Gasteiger partial charge in [0.1, 0.15) is 6.20 Å². The Morgan fingerprint density at radius 3 is 1.69 bits per heavy atom. The van der Waals surface area contributed by atoms with E-state index in [-0.39, 0.29) is 4.59 Å². The van der Waals surface area contributed by atoms with Crippen LogP contribution in [0.2, 0.25) is 0 Å². The molecule has 5 nitrogen and oxygen atoms in total. The molecule has 1 aliphatic heterocycles. The highest BCUT2D eigenvalue weighted by atomic mass is 16.3. The molecule has 29 heavy (non-hydrogen) atoms. The predicted octanol–water partition coefficient (Wildman–Crippen LogP) is 5.06. The van der Waals surface area contributed by atoms with Crippen LogP contribution in [0.15, 0.2) is 118 Å². The molecule has 1 N–H and O–H groups in total. The molecular weight excluding hydrogens is 364 g/mol. The Labute approximate surface area is 168 Å². The van der Waals surface area contributed by atoms with Crippen molar-refractivity contribution in [3.05, 3.63) is 121 Å². The third kappa shape index (κ3) is 2.52. The SMILES string of the molecule is O=CC1=C[N+](c2ccccc2)(c2ccccc2)NC1(c1ccoc1)c1ccoc1. The van der Waals surface area contributed by atoms with Crippen molar-refractivity contribution >= 4 is 17.7 Å². The van der Waals surface area contributed by atoms with E-state index >= 15 is 0 Å². The summed E-state index contributed by atoms with van der Waals surface area (Å²) in [6.07, 6.45) is 9.40. The van der Waals surface area contributed by atoms with E-state index in [0.29, 0.717) is 5.57 Å². The number of aldehydes is 1. The molecule has 2 aromatic heterocycles. The summed E-state index contributed by atoms with van der Waals surface area (Å²) in [6, 6.07) is 23.8. The zero-order chi connectivity index (χ0) is 19.7. The van der Waals surface area contributed by atoms with Crippen LogP contribution in [0.1, 0.15) is 11.1 Å². The molecule has 4 aromatic rings. The highest BCUT2D eigenvalue weighted by molar-refractivity contribution is 5.83. The average molecular weight is 383 g/mol. The number of carbonyl (C=O) groups is 1. The van der Waals surface area contributed by atoms with Crippen molar-refractivity contribution in [3.8, 4) is 0 Å². The molecule has 142 valence electrons. The molecule has 5 rings (SSSR count). The fourth-order valence-corrected chi connectivity index (χ4v) is 4.12. The first-order valence-electron chi connectivity index (χ1n) is 9.33. The van der Waals surface area contributed by atoms with Gasteiger partial charge in [-0.15, -0.1) is 5.43 Å². The first-order chi connectivity index (χ1) is 14.3. The summed E-state index contributed by atoms with van der Waals surface area (Å²) in [4.78, 5) is 12.4. The fraction of sp³-hybridized carbons (Fsp3) is 0.0417. The van der Waals surface area contributed by atoms with Crippen molar-refractivity contribution < 1.29 is 13.6 Å². The number of carbonyl (C=O) groups excluding carboxylic acids is 1. The van der Waals surface area contributed by atoms with Crippen molar-refractivity contribution in [1.82, 2.24) is 10.0 Å². The molecule has 0 bridgehead atoms. The molecule has 5 heteroatoms. The summed E-state index contributed by atoms with van der Waals surface area (Å²) in [6.45, 7) is 0. The van der Waals surface area contributed by atoms with Crippen LogP contribution in [-0.4, -0.2) is 6.29 Å². The van der Waals surface area contributed by atoms with Gasteiger partial charge in [-0.2, -0.15) is 4.59 Å². The summed E-state index contributed by atoms with van der Waals surface area (Å²) in [5, 5.41) is 0. The molecule has 0 radical (unpaired) electrons. The first-order valence-corrected chi connectivity index (χ1v) is 9.33. The van der Waals surface area contributed by atoms with Crippen LogP contribution in [0.4, 0.5) is 11.4 Å². The van der Waals surface area contributed by atoms with E-state index in [1.165, 1.54) is 0 Å². The maximum Gasteiger partial charge on any atom is 0.162 e. The number of benzene rings is 2. The molecular formula is C24H19N2O3+. The van der Waals surface area contributed by atoms with Gasteiger partial charge in [0.25, 0.3) is 0 Å². The molecule has 0 saturated carbocycles. The average Bonchev–Trinajstić information content (AvgIpc) is 3.55. The summed E-state index contributed by atoms with van der Waals surface area (Å²) < 4.78 is 11.0. The highest BCUT2D eigenvalue weighted by Gasteiger charge is 2.55. The molecule has 3 heterocycles. The number of hydrogen-bond acceptors (Lipinski definition) is 4. The van der Waals surface area contributed by atoms with Gasteiger partial charge in [-0.1, -0.05) is 36.4 Å². The number of hydrogen-bond donors (Lipinski definition) is 1. The number of quaternary nitrogens is 1. The van der Waals surface area contributed by atoms with E-state index in [4.69, 9.17) is 8.83 Å². The summed E-state index contributed by atoms with van der Waals surface area (Å²) in [7, 11) is 0. The number of nitrogens with one attached hydrogen (secondary N) is 1. The Kier molecular flexibility index (Phi) is 4.05. The number of nitrogens with zero attached hydrogens (tertiary/aromatic N) is 1. The van der Waals surface area contributed by atoms with Gasteiger partial charge in [0.05, 0.1) is 30.6 Å². The molecule has 0 spiro atoms. The largest absolute Gasteiger partial charge is 0.472 e. The number of furan rings is 2. The van der Waals surface area contributed by atoms with Gasteiger partial charge in [-0.05, 0) is 12.1 Å². The van der Waals surface area contributed by atoms with E-state index in [1.54, 1.807) is 25.1 Å². The summed E-state index contributed by atoms with van der Waals surface area (Å²) in [5.74, 6) is 0. The van der Waals surface area contributed by atoms with E-state index < -0.39 is 5.54 Å². The van der Waals surface area contributed by atoms with Gasteiger partial charge >= 0.3 is 0 Å². The van der Waals surface area contributed by atoms with Crippen molar-refractivity contribution in [2.24, 2.45) is 0 Å². The second-order valence-corrected chi connectivity index (χ2v) is 6.98. The van der Waals surface area contributed by atoms with Crippen LogP contribution >= 0.6 is 0 Å². The lowest BCUT2D eigenvalue weighted by Crippen LogP contribution is -2.56. The van der Waals surface area contributed by atoms with Gasteiger partial charge in [-0.25, -0.2) is 0 Å². The lowest BCUT2D eigenvalue weighted by Gasteiger charge is -2.36. The molecule has 0 aliphatic carbocycles. The highest BCUT2D eigenvalue weighted by Crippen LogP contribution is 2.48. The lowest BCUT2D eigenvalue weighted by molar-refractivity contribution is -0.105. The van der Waals surface area contributed by atoms with Crippen molar-refractivity contribution in [2.45, 2.75) is 5.54 Å². The van der Waals surface area contributed by atoms with Crippen LogP contribution in [0.25, 0.3) is 0 Å². The Morgan fingerprint density at radius 1 is 0.759 bits per heavy atom. The maximum atomic E-state index is 12.4. The quantitative estimate of drug-likeness (QED) is 0.387. The van der Waals surface area contributed by atoms with E-state index in [0.717, 1.165) is 28.8 Å². The Bertz CT molecular complexity index is 1060. The normalized spacial score (nSPS) is 17.0. The molecule has 2 aromatic carbocycles. The Hall–Kier alpha value is -3.67. The van der Waals surface area contributed by atoms with Crippen molar-refractivity contribution in [3.63, 3.8) is 0 Å². The standard InChI is InChI=1S/C24H19N2O3/c27-16-21-15-26(22-7-3-1-4-8-22,23-9-5-2-6-10-23)25-24(21,19-11-13-28-17-19)20-12-14-29-18-20/h1-18,25H/q+1. The predicted molar refractivity (Wildman–Crippen MR) is 110 cm³/mol. The molecule has 1 aliphatic rings. The summed E-state index contributed by atoms with van der Waals surface area (Å²) in [5.41, 5.74) is 7.01. The molecule has 0 unspecified atom stereocenters. The zero-order valence-corrected chi connectivity index (χ0v) is 15.6. The van der Waals surface area contributed by atoms with Crippen molar-refractivity contribution in [2.75, 3.05) is 0 Å².